The second-order valence-corrected chi connectivity index (χ2v) is 7.04. The summed E-state index contributed by atoms with van der Waals surface area (Å²) in [6.07, 6.45) is 2.31. The number of aromatic nitrogens is 3. The van der Waals surface area contributed by atoms with Crippen LogP contribution in [0, 0.1) is 6.92 Å². The van der Waals surface area contributed by atoms with E-state index in [2.05, 4.69) is 49.5 Å². The molecule has 0 bridgehead atoms. The van der Waals surface area contributed by atoms with E-state index < -0.39 is 0 Å². The second-order valence-electron chi connectivity index (χ2n) is 6.60. The molecule has 2 heterocycles. The number of hydrogen-bond donors (Lipinski definition) is 2. The molecule has 1 aromatic heterocycles. The van der Waals surface area contributed by atoms with Gasteiger partial charge in [0.25, 0.3) is 0 Å². The second kappa shape index (κ2) is 9.08. The van der Waals surface area contributed by atoms with Gasteiger partial charge < -0.3 is 15.5 Å². The molecule has 1 aliphatic rings. The number of rotatable bonds is 5. The minimum Gasteiger partial charge on any atom is -0.341 e. The fourth-order valence-corrected chi connectivity index (χ4v) is 3.19. The summed E-state index contributed by atoms with van der Waals surface area (Å²) >= 11 is 6.08. The molecule has 0 atom stereocenters. The van der Waals surface area contributed by atoms with Crippen molar-refractivity contribution < 1.29 is 0 Å². The summed E-state index contributed by atoms with van der Waals surface area (Å²) in [5.74, 6) is 1.69. The predicted molar refractivity (Wildman–Crippen MR) is 118 cm³/mol. The summed E-state index contributed by atoms with van der Waals surface area (Å²) in [4.78, 5) is 15.9. The third-order valence-electron chi connectivity index (χ3n) is 4.40. The van der Waals surface area contributed by atoms with E-state index in [0.29, 0.717) is 22.9 Å². The lowest BCUT2D eigenvalue weighted by Crippen LogP contribution is -2.21. The summed E-state index contributed by atoms with van der Waals surface area (Å²) < 4.78 is 0. The number of aryl methyl sites for hydroxylation is 1. The topological polar surface area (TPSA) is 66.0 Å². The number of anilines is 5. The van der Waals surface area contributed by atoms with Crippen LogP contribution in [0.25, 0.3) is 0 Å². The van der Waals surface area contributed by atoms with Crippen molar-refractivity contribution in [2.75, 3.05) is 28.6 Å². The number of hydrogen-bond acceptors (Lipinski definition) is 6. The molecule has 146 valence electrons. The molecule has 0 spiro atoms. The number of benzene rings is 2. The van der Waals surface area contributed by atoms with Gasteiger partial charge in [0.15, 0.2) is 0 Å². The predicted octanol–water partition coefficient (Wildman–Crippen LogP) is 5.34. The highest BCUT2D eigenvalue weighted by Gasteiger charge is 2.17. The van der Waals surface area contributed by atoms with Gasteiger partial charge in [-0.15, -0.1) is 12.4 Å². The minimum atomic E-state index is 0. The monoisotopic (exact) mass is 416 g/mol. The molecule has 1 saturated heterocycles. The van der Waals surface area contributed by atoms with Crippen LogP contribution >= 0.6 is 24.0 Å². The van der Waals surface area contributed by atoms with Crippen molar-refractivity contribution in [3.8, 4) is 0 Å². The lowest BCUT2D eigenvalue weighted by molar-refractivity contribution is 0.886. The lowest BCUT2D eigenvalue weighted by Gasteiger charge is -2.17. The van der Waals surface area contributed by atoms with Crippen LogP contribution in [0.1, 0.15) is 18.4 Å². The van der Waals surface area contributed by atoms with Crippen molar-refractivity contribution >= 4 is 53.2 Å². The van der Waals surface area contributed by atoms with Gasteiger partial charge in [0.05, 0.1) is 0 Å². The molecule has 2 aromatic carbocycles. The van der Waals surface area contributed by atoms with Gasteiger partial charge in [-0.05, 0) is 50.1 Å². The van der Waals surface area contributed by atoms with Crippen molar-refractivity contribution in [2.24, 2.45) is 0 Å². The van der Waals surface area contributed by atoms with Gasteiger partial charge in [0.2, 0.25) is 17.8 Å². The minimum absolute atomic E-state index is 0. The molecule has 4 rings (SSSR count). The molecule has 28 heavy (non-hydrogen) atoms. The maximum Gasteiger partial charge on any atom is 0.233 e. The van der Waals surface area contributed by atoms with E-state index in [0.717, 1.165) is 37.3 Å². The third kappa shape index (κ3) is 5.03. The molecular weight excluding hydrogens is 395 g/mol. The Morgan fingerprint density at radius 2 is 1.50 bits per heavy atom. The fraction of sp³-hybridized carbons (Fsp3) is 0.250. The molecule has 8 heteroatoms. The highest BCUT2D eigenvalue weighted by molar-refractivity contribution is 6.30. The van der Waals surface area contributed by atoms with Crippen LogP contribution in [0.5, 0.6) is 0 Å². The van der Waals surface area contributed by atoms with E-state index in [-0.39, 0.29) is 12.4 Å². The summed E-state index contributed by atoms with van der Waals surface area (Å²) in [5.41, 5.74) is 2.98. The zero-order valence-corrected chi connectivity index (χ0v) is 17.1. The first-order valence-corrected chi connectivity index (χ1v) is 9.41. The van der Waals surface area contributed by atoms with Crippen LogP contribution in [-0.2, 0) is 0 Å². The van der Waals surface area contributed by atoms with Crippen LogP contribution in [0.3, 0.4) is 0 Å². The molecule has 0 aliphatic carbocycles. The van der Waals surface area contributed by atoms with Gasteiger partial charge in [-0.2, -0.15) is 15.0 Å². The molecular formula is C20H22Cl2N6. The van der Waals surface area contributed by atoms with Gasteiger partial charge in [0, 0.05) is 29.5 Å². The van der Waals surface area contributed by atoms with Crippen LogP contribution in [-0.4, -0.2) is 28.0 Å². The van der Waals surface area contributed by atoms with Crippen molar-refractivity contribution in [2.45, 2.75) is 19.8 Å². The number of nitrogens with one attached hydrogen (secondary N) is 2. The molecule has 1 aliphatic heterocycles. The van der Waals surface area contributed by atoms with Crippen LogP contribution < -0.4 is 15.5 Å². The number of halogens is 2. The smallest absolute Gasteiger partial charge is 0.233 e. The van der Waals surface area contributed by atoms with Gasteiger partial charge in [-0.25, -0.2) is 0 Å². The Bertz CT molecular complexity index is 926. The Morgan fingerprint density at radius 3 is 2.14 bits per heavy atom. The van der Waals surface area contributed by atoms with Crippen molar-refractivity contribution in [1.82, 2.24) is 15.0 Å². The molecule has 2 N–H and O–H groups in total. The Balaban J connectivity index is 0.00000225. The summed E-state index contributed by atoms with van der Waals surface area (Å²) in [6.45, 7) is 3.99. The first-order valence-electron chi connectivity index (χ1n) is 9.03. The maximum atomic E-state index is 6.08. The maximum absolute atomic E-state index is 6.08. The Labute approximate surface area is 175 Å². The van der Waals surface area contributed by atoms with E-state index >= 15 is 0 Å². The van der Waals surface area contributed by atoms with Gasteiger partial charge in [0.1, 0.15) is 0 Å². The van der Waals surface area contributed by atoms with E-state index in [9.17, 15) is 0 Å². The van der Waals surface area contributed by atoms with E-state index in [1.807, 2.05) is 36.4 Å². The molecule has 0 radical (unpaired) electrons. The molecule has 0 unspecified atom stereocenters. The van der Waals surface area contributed by atoms with Gasteiger partial charge in [-0.1, -0.05) is 35.4 Å². The van der Waals surface area contributed by atoms with Crippen LogP contribution in [0.4, 0.5) is 29.2 Å². The zero-order chi connectivity index (χ0) is 18.6. The molecule has 6 nitrogen and oxygen atoms in total. The number of nitrogens with zero attached hydrogens (tertiary/aromatic N) is 4. The molecule has 0 amide bonds. The van der Waals surface area contributed by atoms with E-state index in [1.54, 1.807) is 0 Å². The first-order chi connectivity index (χ1) is 13.2. The van der Waals surface area contributed by atoms with Crippen molar-refractivity contribution in [3.63, 3.8) is 0 Å². The Kier molecular flexibility index (Phi) is 6.54. The Hall–Kier alpha value is -2.57. The molecule has 1 fully saturated rings. The molecule has 3 aromatic rings. The van der Waals surface area contributed by atoms with E-state index in [1.165, 1.54) is 5.56 Å². The third-order valence-corrected chi connectivity index (χ3v) is 4.64. The first kappa shape index (κ1) is 20.2. The van der Waals surface area contributed by atoms with Gasteiger partial charge >= 0.3 is 0 Å². The normalized spacial score (nSPS) is 13.1. The quantitative estimate of drug-likeness (QED) is 0.584. The van der Waals surface area contributed by atoms with Crippen molar-refractivity contribution in [1.29, 1.82) is 0 Å². The highest BCUT2D eigenvalue weighted by atomic mass is 35.5. The summed E-state index contributed by atoms with van der Waals surface area (Å²) in [6, 6.07) is 15.6. The summed E-state index contributed by atoms with van der Waals surface area (Å²) in [5, 5.41) is 7.17. The Morgan fingerprint density at radius 1 is 0.857 bits per heavy atom. The highest BCUT2D eigenvalue weighted by Crippen LogP contribution is 2.23. The average Bonchev–Trinajstić information content (AvgIpc) is 3.18. The van der Waals surface area contributed by atoms with Crippen LogP contribution in [0.15, 0.2) is 48.5 Å². The SMILES string of the molecule is Cc1ccc(Nc2nc(Nc3cccc(Cl)c3)nc(N3CCCC3)n2)cc1.Cl. The molecule has 0 saturated carbocycles. The average molecular weight is 417 g/mol. The van der Waals surface area contributed by atoms with E-state index in [4.69, 9.17) is 11.6 Å². The fourth-order valence-electron chi connectivity index (χ4n) is 3.00. The van der Waals surface area contributed by atoms with Gasteiger partial charge in [-0.3, -0.25) is 0 Å². The van der Waals surface area contributed by atoms with Crippen molar-refractivity contribution in [3.05, 3.63) is 59.1 Å². The lowest BCUT2D eigenvalue weighted by atomic mass is 10.2. The largest absolute Gasteiger partial charge is 0.341 e. The standard InChI is InChI=1S/C20H21ClN6.ClH/c1-14-7-9-16(10-8-14)22-18-24-19(23-17-6-4-5-15(21)13-17)26-20(25-18)27-11-2-3-12-27;/h4-10,13H,2-3,11-12H2,1H3,(H2,22,23,24,25,26);1H. The summed E-state index contributed by atoms with van der Waals surface area (Å²) in [7, 11) is 0. The van der Waals surface area contributed by atoms with Crippen LogP contribution in [0.2, 0.25) is 5.02 Å². The zero-order valence-electron chi connectivity index (χ0n) is 15.5.